The topological polar surface area (TPSA) is 87.2 Å². The molecule has 8 nitrogen and oxygen atoms in total. The first kappa shape index (κ1) is 15.3. The fraction of sp³-hybridized carbons (Fsp3) is 0.429. The fourth-order valence-corrected chi connectivity index (χ4v) is 3.48. The molecule has 0 aliphatic carbocycles. The zero-order chi connectivity index (χ0) is 16.6. The van der Waals surface area contributed by atoms with Gasteiger partial charge in [0, 0.05) is 51.9 Å². The van der Waals surface area contributed by atoms with Gasteiger partial charge in [0.25, 0.3) is 5.56 Å². The molecule has 0 aromatic carbocycles. The van der Waals surface area contributed by atoms with Crippen LogP contribution in [-0.4, -0.2) is 40.3 Å². The summed E-state index contributed by atoms with van der Waals surface area (Å²) in [4.78, 5) is 32.7. The van der Waals surface area contributed by atoms with E-state index in [1.54, 1.807) is 24.6 Å². The van der Waals surface area contributed by atoms with Crippen molar-refractivity contribution in [3.8, 4) is 6.07 Å². The molecule has 1 saturated heterocycles. The van der Waals surface area contributed by atoms with Gasteiger partial charge in [0.2, 0.25) is 0 Å². The van der Waals surface area contributed by atoms with Crippen LogP contribution >= 0.6 is 11.3 Å². The van der Waals surface area contributed by atoms with Gasteiger partial charge in [-0.25, -0.2) is 9.78 Å². The van der Waals surface area contributed by atoms with E-state index in [0.717, 1.165) is 22.8 Å². The Morgan fingerprint density at radius 3 is 2.35 bits per heavy atom. The lowest BCUT2D eigenvalue weighted by atomic mass is 10.2. The number of hydrogen-bond acceptors (Lipinski definition) is 7. The summed E-state index contributed by atoms with van der Waals surface area (Å²) < 4.78 is 2.34. The summed E-state index contributed by atoms with van der Waals surface area (Å²) in [5.41, 5.74) is -0.961. The summed E-state index contributed by atoms with van der Waals surface area (Å²) >= 11 is 1.58. The molecule has 23 heavy (non-hydrogen) atoms. The van der Waals surface area contributed by atoms with Crippen LogP contribution < -0.4 is 21.0 Å². The molecule has 0 unspecified atom stereocenters. The van der Waals surface area contributed by atoms with Gasteiger partial charge in [-0.15, -0.1) is 11.3 Å². The number of hydrogen-bond donors (Lipinski definition) is 0. The molecule has 0 amide bonds. The first-order valence-electron chi connectivity index (χ1n) is 7.14. The Labute approximate surface area is 136 Å². The predicted molar refractivity (Wildman–Crippen MR) is 88.2 cm³/mol. The minimum atomic E-state index is -0.548. The summed E-state index contributed by atoms with van der Waals surface area (Å²) in [6.07, 6.45) is 1.77. The first-order chi connectivity index (χ1) is 11.0. The molecule has 1 aliphatic heterocycles. The monoisotopic (exact) mass is 332 g/mol. The highest BCUT2D eigenvalue weighted by Crippen LogP contribution is 2.22. The molecule has 3 heterocycles. The van der Waals surface area contributed by atoms with Crippen molar-refractivity contribution in [2.75, 3.05) is 36.0 Å². The Hall–Kier alpha value is -2.60. The molecule has 1 fully saturated rings. The van der Waals surface area contributed by atoms with Crippen molar-refractivity contribution in [3.63, 3.8) is 0 Å². The van der Waals surface area contributed by atoms with E-state index in [2.05, 4.69) is 9.88 Å². The Bertz CT molecular complexity index is 868. The molecule has 2 aromatic rings. The zero-order valence-electron chi connectivity index (χ0n) is 12.9. The molecule has 0 spiro atoms. The maximum Gasteiger partial charge on any atom is 0.332 e. The summed E-state index contributed by atoms with van der Waals surface area (Å²) in [6, 6.07) is 1.95. The molecule has 0 atom stereocenters. The van der Waals surface area contributed by atoms with Gasteiger partial charge in [-0.3, -0.25) is 13.9 Å². The number of thiazole rings is 1. The minimum Gasteiger partial charge on any atom is -0.353 e. The van der Waals surface area contributed by atoms with E-state index in [4.69, 9.17) is 0 Å². The first-order valence-corrected chi connectivity index (χ1v) is 8.02. The van der Waals surface area contributed by atoms with Gasteiger partial charge in [0.15, 0.2) is 10.7 Å². The fourth-order valence-electron chi connectivity index (χ4n) is 2.78. The zero-order valence-corrected chi connectivity index (χ0v) is 13.7. The Morgan fingerprint density at radius 1 is 1.13 bits per heavy atom. The van der Waals surface area contributed by atoms with Gasteiger partial charge in [-0.05, 0) is 0 Å². The van der Waals surface area contributed by atoms with Gasteiger partial charge in [-0.2, -0.15) is 5.26 Å². The second-order valence-electron chi connectivity index (χ2n) is 5.30. The van der Waals surface area contributed by atoms with E-state index < -0.39 is 11.2 Å². The van der Waals surface area contributed by atoms with Gasteiger partial charge >= 0.3 is 5.69 Å². The van der Waals surface area contributed by atoms with Crippen LogP contribution in [0.25, 0.3) is 0 Å². The Kier molecular flexibility index (Phi) is 3.92. The van der Waals surface area contributed by atoms with Gasteiger partial charge in [0.05, 0.1) is 0 Å². The standard InChI is InChI=1S/C14H16N6O2S/c1-17-11(10(9-15)12(21)18(2)14(17)22)19-4-6-20(7-5-19)13-16-3-8-23-13/h3,8H,4-7H2,1-2H3. The van der Waals surface area contributed by atoms with Crippen molar-refractivity contribution in [2.24, 2.45) is 14.1 Å². The summed E-state index contributed by atoms with van der Waals surface area (Å²) in [5, 5.41) is 12.2. The molecule has 1 aliphatic rings. The van der Waals surface area contributed by atoms with Crippen molar-refractivity contribution >= 4 is 22.3 Å². The van der Waals surface area contributed by atoms with Crippen molar-refractivity contribution in [1.82, 2.24) is 14.1 Å². The normalized spacial score (nSPS) is 14.8. The van der Waals surface area contributed by atoms with Crippen LogP contribution in [0.5, 0.6) is 0 Å². The van der Waals surface area contributed by atoms with Crippen LogP contribution in [0.1, 0.15) is 5.56 Å². The maximum atomic E-state index is 12.2. The summed E-state index contributed by atoms with van der Waals surface area (Å²) in [6.45, 7) is 2.69. The average Bonchev–Trinajstić information content (AvgIpc) is 3.11. The molecule has 0 radical (unpaired) electrons. The van der Waals surface area contributed by atoms with Gasteiger partial charge in [-0.1, -0.05) is 0 Å². The molecule has 0 bridgehead atoms. The third-order valence-electron chi connectivity index (χ3n) is 4.01. The third kappa shape index (κ3) is 2.51. The van der Waals surface area contributed by atoms with Crippen molar-refractivity contribution in [2.45, 2.75) is 0 Å². The number of piperazine rings is 1. The van der Waals surface area contributed by atoms with Crippen LogP contribution in [0.3, 0.4) is 0 Å². The SMILES string of the molecule is Cn1c(N2CCN(c3nccs3)CC2)c(C#N)c(=O)n(C)c1=O. The van der Waals surface area contributed by atoms with E-state index in [1.807, 2.05) is 16.3 Å². The highest BCUT2D eigenvalue weighted by molar-refractivity contribution is 7.13. The van der Waals surface area contributed by atoms with Gasteiger partial charge in [0.1, 0.15) is 11.9 Å². The highest BCUT2D eigenvalue weighted by Gasteiger charge is 2.25. The van der Waals surface area contributed by atoms with E-state index in [0.29, 0.717) is 18.9 Å². The highest BCUT2D eigenvalue weighted by atomic mass is 32.1. The Balaban J connectivity index is 1.94. The number of nitriles is 1. The van der Waals surface area contributed by atoms with Crippen LogP contribution in [0.2, 0.25) is 0 Å². The van der Waals surface area contributed by atoms with Gasteiger partial charge < -0.3 is 9.80 Å². The smallest absolute Gasteiger partial charge is 0.332 e. The average molecular weight is 332 g/mol. The third-order valence-corrected chi connectivity index (χ3v) is 4.85. The maximum absolute atomic E-state index is 12.2. The van der Waals surface area contributed by atoms with E-state index >= 15 is 0 Å². The lowest BCUT2D eigenvalue weighted by Crippen LogP contribution is -2.50. The lowest BCUT2D eigenvalue weighted by molar-refractivity contribution is 0.608. The second kappa shape index (κ2) is 5.89. The summed E-state index contributed by atoms with van der Waals surface area (Å²) in [5.74, 6) is 0.402. The van der Waals surface area contributed by atoms with Crippen molar-refractivity contribution in [3.05, 3.63) is 38.0 Å². The molecular formula is C14H16N6O2S. The largest absolute Gasteiger partial charge is 0.353 e. The van der Waals surface area contributed by atoms with Crippen LogP contribution in [-0.2, 0) is 14.1 Å². The molecule has 9 heteroatoms. The molecule has 120 valence electrons. The van der Waals surface area contributed by atoms with Crippen molar-refractivity contribution in [1.29, 1.82) is 5.26 Å². The minimum absolute atomic E-state index is 0.0114. The molecule has 0 N–H and O–H groups in total. The number of rotatable bonds is 2. The molecule has 0 saturated carbocycles. The quantitative estimate of drug-likeness (QED) is 0.753. The van der Waals surface area contributed by atoms with E-state index in [1.165, 1.54) is 11.6 Å². The number of anilines is 2. The summed E-state index contributed by atoms with van der Waals surface area (Å²) in [7, 11) is 2.97. The number of aromatic nitrogens is 3. The second-order valence-corrected chi connectivity index (χ2v) is 6.18. The van der Waals surface area contributed by atoms with Crippen LogP contribution in [0, 0.1) is 11.3 Å². The predicted octanol–water partition coefficient (Wildman–Crippen LogP) is -0.261. The molecule has 2 aromatic heterocycles. The lowest BCUT2D eigenvalue weighted by Gasteiger charge is -2.36. The van der Waals surface area contributed by atoms with Crippen molar-refractivity contribution < 1.29 is 0 Å². The molecule has 3 rings (SSSR count). The van der Waals surface area contributed by atoms with E-state index in [-0.39, 0.29) is 5.56 Å². The van der Waals surface area contributed by atoms with E-state index in [9.17, 15) is 14.9 Å². The molecular weight excluding hydrogens is 316 g/mol. The van der Waals surface area contributed by atoms with Crippen LogP contribution in [0.4, 0.5) is 10.9 Å². The van der Waals surface area contributed by atoms with Crippen LogP contribution in [0.15, 0.2) is 21.2 Å². The number of nitrogens with zero attached hydrogens (tertiary/aromatic N) is 6. The Morgan fingerprint density at radius 2 is 1.78 bits per heavy atom.